The number of nitrogens with two attached hydrogens (primary N) is 1. The molecule has 0 heterocycles. The molecule has 1 aromatic rings. The van der Waals surface area contributed by atoms with Gasteiger partial charge < -0.3 is 10.8 Å². The Morgan fingerprint density at radius 3 is 2.22 bits per heavy atom. The fourth-order valence-electron chi connectivity index (χ4n) is 1.94. The van der Waals surface area contributed by atoms with Crippen molar-refractivity contribution in [1.82, 2.24) is 4.72 Å². The van der Waals surface area contributed by atoms with E-state index in [0.29, 0.717) is 23.2 Å². The van der Waals surface area contributed by atoms with Gasteiger partial charge in [0.1, 0.15) is 0 Å². The molecule has 4 N–H and O–H groups in total. The van der Waals surface area contributed by atoms with Crippen LogP contribution in [0.3, 0.4) is 0 Å². The summed E-state index contributed by atoms with van der Waals surface area (Å²) in [6, 6.07) is 2.79. The fourth-order valence-corrected chi connectivity index (χ4v) is 3.70. The first kappa shape index (κ1) is 14.9. The van der Waals surface area contributed by atoms with Crippen LogP contribution in [0.15, 0.2) is 17.0 Å². The van der Waals surface area contributed by atoms with Gasteiger partial charge in [0.2, 0.25) is 10.0 Å². The van der Waals surface area contributed by atoms with Gasteiger partial charge in [0, 0.05) is 11.7 Å². The van der Waals surface area contributed by atoms with Gasteiger partial charge in [0.15, 0.2) is 0 Å². The summed E-state index contributed by atoms with van der Waals surface area (Å²) in [7, 11) is -3.63. The minimum Gasteiger partial charge on any atom is -0.399 e. The Morgan fingerprint density at radius 2 is 1.83 bits per heavy atom. The third-order valence-corrected chi connectivity index (χ3v) is 4.61. The van der Waals surface area contributed by atoms with Crippen LogP contribution in [0.4, 0.5) is 5.69 Å². The van der Waals surface area contributed by atoms with Gasteiger partial charge >= 0.3 is 0 Å². The van der Waals surface area contributed by atoms with E-state index in [1.807, 2.05) is 6.92 Å². The second-order valence-electron chi connectivity index (χ2n) is 4.39. The SMILES string of the molecule is CC[C@H](CO)NS(=O)(=O)c1c(C)cc(N)cc1C. The number of aliphatic hydroxyl groups is 1. The van der Waals surface area contributed by atoms with E-state index < -0.39 is 16.1 Å². The molecule has 0 spiro atoms. The van der Waals surface area contributed by atoms with Crippen LogP contribution in [0, 0.1) is 13.8 Å². The Kier molecular flexibility index (Phi) is 4.72. The number of sulfonamides is 1. The summed E-state index contributed by atoms with van der Waals surface area (Å²) in [6.45, 7) is 5.00. The number of benzene rings is 1. The zero-order chi connectivity index (χ0) is 13.9. The van der Waals surface area contributed by atoms with Crippen LogP contribution in [0.1, 0.15) is 24.5 Å². The molecule has 0 saturated carbocycles. The van der Waals surface area contributed by atoms with Gasteiger partial charge in [-0.3, -0.25) is 0 Å². The lowest BCUT2D eigenvalue weighted by Crippen LogP contribution is -2.37. The van der Waals surface area contributed by atoms with E-state index in [9.17, 15) is 8.42 Å². The summed E-state index contributed by atoms with van der Waals surface area (Å²) >= 11 is 0. The normalized spacial score (nSPS) is 13.6. The minimum absolute atomic E-state index is 0.219. The van der Waals surface area contributed by atoms with Crippen LogP contribution in [0.25, 0.3) is 0 Å². The van der Waals surface area contributed by atoms with Crippen molar-refractivity contribution in [3.05, 3.63) is 23.3 Å². The fraction of sp³-hybridized carbons (Fsp3) is 0.500. The van der Waals surface area contributed by atoms with Gasteiger partial charge in [-0.2, -0.15) is 0 Å². The first-order valence-electron chi connectivity index (χ1n) is 5.81. The molecule has 0 radical (unpaired) electrons. The topological polar surface area (TPSA) is 92.4 Å². The van der Waals surface area contributed by atoms with Gasteiger partial charge in [-0.1, -0.05) is 6.92 Å². The maximum Gasteiger partial charge on any atom is 0.241 e. The van der Waals surface area contributed by atoms with Crippen LogP contribution in [0.2, 0.25) is 0 Å². The molecule has 0 aliphatic carbocycles. The average Bonchev–Trinajstić information content (AvgIpc) is 2.23. The van der Waals surface area contributed by atoms with Crippen LogP contribution in [-0.2, 0) is 10.0 Å². The Hall–Kier alpha value is -1.11. The molecule has 18 heavy (non-hydrogen) atoms. The second-order valence-corrected chi connectivity index (χ2v) is 6.04. The molecule has 0 aromatic heterocycles. The summed E-state index contributed by atoms with van der Waals surface area (Å²) in [5.74, 6) is 0. The van der Waals surface area contributed by atoms with Crippen molar-refractivity contribution < 1.29 is 13.5 Å². The van der Waals surface area contributed by atoms with E-state index in [1.54, 1.807) is 26.0 Å². The van der Waals surface area contributed by atoms with Crippen molar-refractivity contribution in [3.8, 4) is 0 Å². The summed E-state index contributed by atoms with van der Waals surface area (Å²) in [6.07, 6.45) is 0.531. The molecule has 0 bridgehead atoms. The Bertz CT molecular complexity index is 499. The van der Waals surface area contributed by atoms with E-state index in [1.165, 1.54) is 0 Å². The monoisotopic (exact) mass is 272 g/mol. The number of hydrogen-bond acceptors (Lipinski definition) is 4. The first-order valence-corrected chi connectivity index (χ1v) is 7.30. The van der Waals surface area contributed by atoms with Crippen molar-refractivity contribution in [3.63, 3.8) is 0 Å². The van der Waals surface area contributed by atoms with Gasteiger partial charge in [-0.15, -0.1) is 0 Å². The van der Waals surface area contributed by atoms with Gasteiger partial charge in [0.25, 0.3) is 0 Å². The van der Waals surface area contributed by atoms with Crippen LogP contribution >= 0.6 is 0 Å². The van der Waals surface area contributed by atoms with Crippen molar-refractivity contribution in [2.75, 3.05) is 12.3 Å². The number of nitrogen functional groups attached to an aromatic ring is 1. The summed E-state index contributed by atoms with van der Waals surface area (Å²) in [4.78, 5) is 0.239. The summed E-state index contributed by atoms with van der Waals surface area (Å²) < 4.78 is 27.0. The van der Waals surface area contributed by atoms with E-state index in [-0.39, 0.29) is 11.5 Å². The highest BCUT2D eigenvalue weighted by molar-refractivity contribution is 7.89. The highest BCUT2D eigenvalue weighted by Crippen LogP contribution is 2.23. The quantitative estimate of drug-likeness (QED) is 0.695. The van der Waals surface area contributed by atoms with Gasteiger partial charge in [-0.25, -0.2) is 13.1 Å². The number of hydrogen-bond donors (Lipinski definition) is 3. The van der Waals surface area contributed by atoms with E-state index in [0.717, 1.165) is 0 Å². The molecule has 0 aliphatic heterocycles. The minimum atomic E-state index is -3.63. The standard InChI is InChI=1S/C12H20N2O3S/c1-4-11(7-15)14-18(16,17)12-8(2)5-10(13)6-9(12)3/h5-6,11,14-15H,4,7,13H2,1-3H3/t11-/m1/s1. The first-order chi connectivity index (χ1) is 8.31. The molecule has 1 aromatic carbocycles. The molecule has 0 amide bonds. The van der Waals surface area contributed by atoms with Crippen LogP contribution in [-0.4, -0.2) is 26.2 Å². The highest BCUT2D eigenvalue weighted by Gasteiger charge is 2.22. The maximum atomic E-state index is 12.3. The Morgan fingerprint density at radius 1 is 1.33 bits per heavy atom. The Balaban J connectivity index is 3.21. The molecule has 0 saturated heterocycles. The van der Waals surface area contributed by atoms with Crippen molar-refractivity contribution in [1.29, 1.82) is 0 Å². The lowest BCUT2D eigenvalue weighted by Gasteiger charge is -2.17. The predicted octanol–water partition coefficient (Wildman–Crippen LogP) is 0.935. The summed E-state index contributed by atoms with van der Waals surface area (Å²) in [5.41, 5.74) is 7.42. The van der Waals surface area contributed by atoms with Crippen LogP contribution in [0.5, 0.6) is 0 Å². The van der Waals surface area contributed by atoms with Gasteiger partial charge in [0.05, 0.1) is 11.5 Å². The van der Waals surface area contributed by atoms with Gasteiger partial charge in [-0.05, 0) is 43.5 Å². The Labute approximate surface area is 108 Å². The summed E-state index contributed by atoms with van der Waals surface area (Å²) in [5, 5.41) is 9.07. The number of anilines is 1. The second kappa shape index (κ2) is 5.69. The van der Waals surface area contributed by atoms with E-state index >= 15 is 0 Å². The molecule has 0 aliphatic rings. The lowest BCUT2D eigenvalue weighted by atomic mass is 10.1. The van der Waals surface area contributed by atoms with E-state index in [2.05, 4.69) is 4.72 Å². The molecule has 6 heteroatoms. The third kappa shape index (κ3) is 3.22. The smallest absolute Gasteiger partial charge is 0.241 e. The molecule has 0 fully saturated rings. The largest absolute Gasteiger partial charge is 0.399 e. The molecular weight excluding hydrogens is 252 g/mol. The van der Waals surface area contributed by atoms with Crippen LogP contribution < -0.4 is 10.5 Å². The zero-order valence-corrected chi connectivity index (χ0v) is 11.7. The average molecular weight is 272 g/mol. The molecule has 1 rings (SSSR count). The molecule has 1 atom stereocenters. The lowest BCUT2D eigenvalue weighted by molar-refractivity contribution is 0.254. The van der Waals surface area contributed by atoms with Crippen molar-refractivity contribution in [2.24, 2.45) is 0 Å². The van der Waals surface area contributed by atoms with E-state index in [4.69, 9.17) is 10.8 Å². The number of rotatable bonds is 5. The molecular formula is C12H20N2O3S. The molecule has 0 unspecified atom stereocenters. The van der Waals surface area contributed by atoms with Crippen molar-refractivity contribution >= 4 is 15.7 Å². The molecule has 5 nitrogen and oxygen atoms in total. The third-order valence-electron chi connectivity index (χ3n) is 2.79. The highest BCUT2D eigenvalue weighted by atomic mass is 32.2. The number of aryl methyl sites for hydroxylation is 2. The number of aliphatic hydroxyl groups excluding tert-OH is 1. The van der Waals surface area contributed by atoms with Crippen molar-refractivity contribution in [2.45, 2.75) is 38.1 Å². The maximum absolute atomic E-state index is 12.3. The zero-order valence-electron chi connectivity index (χ0n) is 10.9. The number of nitrogens with one attached hydrogen (secondary N) is 1. The predicted molar refractivity (Wildman–Crippen MR) is 71.8 cm³/mol. The molecule has 102 valence electrons.